The van der Waals surface area contributed by atoms with Crippen molar-refractivity contribution in [2.24, 2.45) is 23.7 Å². The highest BCUT2D eigenvalue weighted by atomic mass is 32.2. The summed E-state index contributed by atoms with van der Waals surface area (Å²) in [6.07, 6.45) is 16.3. The molecule has 18 heteroatoms. The lowest BCUT2D eigenvalue weighted by atomic mass is 9.70. The van der Waals surface area contributed by atoms with E-state index in [0.717, 1.165) is 16.7 Å². The molecule has 0 aromatic heterocycles. The molecule has 0 radical (unpaired) electrons. The van der Waals surface area contributed by atoms with Crippen molar-refractivity contribution in [3.05, 3.63) is 231 Å². The first-order valence-corrected chi connectivity index (χ1v) is 31.0. The van der Waals surface area contributed by atoms with Gasteiger partial charge in [0.2, 0.25) is 0 Å². The van der Waals surface area contributed by atoms with Crippen LogP contribution in [0.3, 0.4) is 0 Å². The van der Waals surface area contributed by atoms with Crippen LogP contribution in [0.2, 0.25) is 0 Å². The van der Waals surface area contributed by atoms with E-state index in [1.54, 1.807) is 115 Å². The van der Waals surface area contributed by atoms with Crippen molar-refractivity contribution in [3.8, 4) is 17.2 Å². The van der Waals surface area contributed by atoms with Gasteiger partial charge in [-0.15, -0.1) is 0 Å². The second kappa shape index (κ2) is 22.8. The van der Waals surface area contributed by atoms with E-state index in [-0.39, 0.29) is 44.3 Å². The Hall–Kier alpha value is -8.32. The van der Waals surface area contributed by atoms with Gasteiger partial charge < -0.3 is 26.8 Å². The zero-order chi connectivity index (χ0) is 59.1. The van der Waals surface area contributed by atoms with Gasteiger partial charge in [0.1, 0.15) is 27.0 Å². The molecule has 0 aliphatic heterocycles. The number of benzene rings is 6. The molecule has 4 aliphatic carbocycles. The Bertz CT molecular complexity index is 4030. The summed E-state index contributed by atoms with van der Waals surface area (Å²) < 4.78 is 116. The zero-order valence-corrected chi connectivity index (χ0v) is 48.7. The number of hydrogen-bond donors (Lipinski definition) is 0. The van der Waals surface area contributed by atoms with Gasteiger partial charge in [-0.3, -0.25) is 14.4 Å². The third-order valence-corrected chi connectivity index (χ3v) is 20.3. The monoisotopic (exact) mass is 1180 g/mol. The maximum atomic E-state index is 14.1. The third-order valence-electron chi connectivity index (χ3n) is 16.3. The highest BCUT2D eigenvalue weighted by Gasteiger charge is 2.44. The molecule has 0 N–H and O–H groups in total. The average Bonchev–Trinajstić information content (AvgIpc) is 2.71. The first-order chi connectivity index (χ1) is 39.6. The molecule has 6 atom stereocenters. The smallest absolute Gasteiger partial charge is 0.339 e. The molecule has 2 unspecified atom stereocenters. The van der Waals surface area contributed by atoms with Crippen LogP contribution in [0.5, 0.6) is 17.2 Å². The lowest BCUT2D eigenvalue weighted by molar-refractivity contribution is -0.147. The van der Waals surface area contributed by atoms with Gasteiger partial charge in [-0.1, -0.05) is 147 Å². The van der Waals surface area contributed by atoms with Gasteiger partial charge in [0.15, 0.2) is 0 Å². The summed E-state index contributed by atoms with van der Waals surface area (Å²) >= 11 is 0. The Morgan fingerprint density at radius 2 is 0.988 bits per heavy atom. The second-order valence-corrected chi connectivity index (χ2v) is 25.9. The standard InChI is InChI=1S/C65H60O15S3/c1-64(2,45-27-33-49(34-28-45)78-81(69,70)57-19-9-14-42-40-43(61(66)75-4)22-39-52(42)57)44-23-25-46(26-24-44)65(3,47-29-35-50(36-30-47)79-82(71,72)58-20-11-15-53-54(58)16-10-17-55(53)62(67)76-5)48-31-37-51(38-32-48)80-83(73,74)59-21-8-13-41-12-7-18-56(60(41)59)63(68)77-6/h7-16,19-39,41,43,55-56,60H,17-18,40H2,1-6H3/t41-,43?,55+,56-,60-,65?/m1/s1. The zero-order valence-electron chi connectivity index (χ0n) is 46.3. The van der Waals surface area contributed by atoms with Crippen molar-refractivity contribution >= 4 is 60.4 Å². The Kier molecular flexibility index (Phi) is 15.9. The van der Waals surface area contributed by atoms with Crippen LogP contribution in [0.1, 0.15) is 89.6 Å². The van der Waals surface area contributed by atoms with E-state index in [4.69, 9.17) is 26.8 Å². The summed E-state index contributed by atoms with van der Waals surface area (Å²) in [6, 6.07) is 37.6. The second-order valence-electron chi connectivity index (χ2n) is 21.4. The van der Waals surface area contributed by atoms with Crippen molar-refractivity contribution in [1.82, 2.24) is 0 Å². The van der Waals surface area contributed by atoms with Crippen LogP contribution in [0.4, 0.5) is 0 Å². The number of methoxy groups -OCH3 is 3. The highest BCUT2D eigenvalue weighted by molar-refractivity contribution is 7.91. The minimum Gasteiger partial charge on any atom is -0.469 e. The molecule has 0 saturated heterocycles. The van der Waals surface area contributed by atoms with E-state index in [9.17, 15) is 39.6 Å². The summed E-state index contributed by atoms with van der Waals surface area (Å²) in [5, 5.41) is 0. The molecule has 83 heavy (non-hydrogen) atoms. The molecule has 0 saturated carbocycles. The third kappa shape index (κ3) is 11.2. The van der Waals surface area contributed by atoms with Gasteiger partial charge in [-0.2, -0.15) is 25.3 Å². The van der Waals surface area contributed by atoms with E-state index in [1.165, 1.54) is 39.5 Å². The van der Waals surface area contributed by atoms with Crippen LogP contribution in [0.25, 0.3) is 12.2 Å². The first kappa shape index (κ1) is 57.9. The van der Waals surface area contributed by atoms with Crippen molar-refractivity contribution in [2.45, 2.75) is 66.6 Å². The Morgan fingerprint density at radius 1 is 0.494 bits per heavy atom. The molecule has 0 heterocycles. The molecule has 0 fully saturated rings. The fourth-order valence-electron chi connectivity index (χ4n) is 11.6. The molecule has 4 aliphatic rings. The SMILES string of the molecule is COC(=O)C1C=Cc2c(cccc2S(=O)(=O)Oc2ccc(C(C)(C)c3ccc(C(C)(c4ccc(OS(=O)(=O)C5=CC=C[C@H]6C=CC[C@@H](C(=O)OC)[C@H]56)cc4)c4ccc(OS(=O)(=O)c5cccc6c5C=CC[C@@H]6C(=O)OC)cc4)cc3)cc2)C1. The summed E-state index contributed by atoms with van der Waals surface area (Å²) in [7, 11) is -9.27. The maximum Gasteiger partial charge on any atom is 0.339 e. The number of esters is 3. The van der Waals surface area contributed by atoms with Gasteiger partial charge in [-0.25, -0.2) is 0 Å². The number of ether oxygens (including phenoxy) is 3. The number of hydrogen-bond acceptors (Lipinski definition) is 15. The molecular weight excluding hydrogens is 1120 g/mol. The number of carbonyl (C=O) groups is 3. The molecular formula is C65H60O15S3. The topological polar surface area (TPSA) is 209 Å². The lowest BCUT2D eigenvalue weighted by Crippen LogP contribution is -2.36. The largest absolute Gasteiger partial charge is 0.469 e. The Balaban J connectivity index is 0.937. The van der Waals surface area contributed by atoms with Crippen LogP contribution < -0.4 is 12.5 Å². The van der Waals surface area contributed by atoms with Crippen LogP contribution in [-0.4, -0.2) is 64.5 Å². The highest BCUT2D eigenvalue weighted by Crippen LogP contribution is 2.45. The van der Waals surface area contributed by atoms with Crippen LogP contribution >= 0.6 is 0 Å². The number of allylic oxidation sites excluding steroid dienone is 7. The predicted molar refractivity (Wildman–Crippen MR) is 312 cm³/mol. The van der Waals surface area contributed by atoms with Gasteiger partial charge in [-0.05, 0) is 125 Å². The lowest BCUT2D eigenvalue weighted by Gasteiger charge is -2.34. The summed E-state index contributed by atoms with van der Waals surface area (Å²) in [4.78, 5) is 37.6. The molecule has 15 nitrogen and oxygen atoms in total. The van der Waals surface area contributed by atoms with Gasteiger partial charge >= 0.3 is 48.3 Å². The quantitative estimate of drug-likeness (QED) is 0.0273. The van der Waals surface area contributed by atoms with E-state index in [0.29, 0.717) is 46.2 Å². The fourth-order valence-corrected chi connectivity index (χ4v) is 15.3. The van der Waals surface area contributed by atoms with E-state index in [1.807, 2.05) is 75.4 Å². The molecule has 428 valence electrons. The fraction of sp³-hybridized carbons (Fsp3) is 0.246. The number of fused-ring (bicyclic) bond motifs is 3. The summed E-state index contributed by atoms with van der Waals surface area (Å²) in [5.74, 6) is -4.24. The Morgan fingerprint density at radius 3 is 1.54 bits per heavy atom. The summed E-state index contributed by atoms with van der Waals surface area (Å²) in [5.41, 5.74) is 4.37. The minimum atomic E-state index is -4.43. The number of carbonyl (C=O) groups excluding carboxylic acids is 3. The van der Waals surface area contributed by atoms with E-state index in [2.05, 4.69) is 0 Å². The molecule has 10 rings (SSSR count). The van der Waals surface area contributed by atoms with Crippen LogP contribution in [0, 0.1) is 23.7 Å². The van der Waals surface area contributed by atoms with Crippen molar-refractivity contribution in [1.29, 1.82) is 0 Å². The Labute approximate surface area is 483 Å². The van der Waals surface area contributed by atoms with Crippen LogP contribution in [-0.2, 0) is 76.2 Å². The van der Waals surface area contributed by atoms with Crippen molar-refractivity contribution in [2.75, 3.05) is 21.3 Å². The molecule has 0 bridgehead atoms. The van der Waals surface area contributed by atoms with E-state index < -0.39 is 82.8 Å². The molecule has 6 aromatic rings. The first-order valence-electron chi connectivity index (χ1n) is 26.7. The minimum absolute atomic E-state index is 0.0197. The molecule has 0 amide bonds. The summed E-state index contributed by atoms with van der Waals surface area (Å²) in [6.45, 7) is 6.07. The van der Waals surface area contributed by atoms with Gasteiger partial charge in [0.05, 0.1) is 44.0 Å². The predicted octanol–water partition coefficient (Wildman–Crippen LogP) is 11.1. The van der Waals surface area contributed by atoms with Gasteiger partial charge in [0, 0.05) is 28.2 Å². The van der Waals surface area contributed by atoms with E-state index >= 15 is 0 Å². The van der Waals surface area contributed by atoms with Crippen molar-refractivity contribution in [3.63, 3.8) is 0 Å². The molecule has 0 spiro atoms. The van der Waals surface area contributed by atoms with Gasteiger partial charge in [0.25, 0.3) is 0 Å². The number of rotatable bonds is 17. The van der Waals surface area contributed by atoms with Crippen molar-refractivity contribution < 1.29 is 66.4 Å². The van der Waals surface area contributed by atoms with Crippen LogP contribution in [0.15, 0.2) is 191 Å². The molecule has 6 aromatic carbocycles. The normalized spacial score (nSPS) is 19.8. The average molecular weight is 1180 g/mol. The maximum absolute atomic E-state index is 14.1.